The van der Waals surface area contributed by atoms with Crippen molar-refractivity contribution in [1.29, 1.82) is 0 Å². The molecule has 0 spiro atoms. The van der Waals surface area contributed by atoms with Crippen molar-refractivity contribution in [3.05, 3.63) is 102 Å². The molecule has 6 nitrogen and oxygen atoms in total. The van der Waals surface area contributed by atoms with E-state index in [0.717, 1.165) is 18.2 Å². The van der Waals surface area contributed by atoms with E-state index in [4.69, 9.17) is 4.74 Å². The predicted molar refractivity (Wildman–Crippen MR) is 137 cm³/mol. The van der Waals surface area contributed by atoms with E-state index in [1.165, 1.54) is 20.8 Å². The summed E-state index contributed by atoms with van der Waals surface area (Å²) in [6, 6.07) is 26.1. The third kappa shape index (κ3) is 3.91. The van der Waals surface area contributed by atoms with Crippen LogP contribution in [0.1, 0.15) is 16.7 Å². The van der Waals surface area contributed by atoms with Crippen LogP contribution in [0.2, 0.25) is 0 Å². The number of nitrogens with one attached hydrogen (secondary N) is 1. The number of para-hydroxylation sites is 2. The van der Waals surface area contributed by atoms with Crippen molar-refractivity contribution in [2.24, 2.45) is 0 Å². The number of amides is 1. The zero-order chi connectivity index (χ0) is 24.0. The first kappa shape index (κ1) is 21.7. The van der Waals surface area contributed by atoms with Gasteiger partial charge in [-0.2, -0.15) is 0 Å². The lowest BCUT2D eigenvalue weighted by Gasteiger charge is -2.34. The molecule has 0 saturated heterocycles. The first-order chi connectivity index (χ1) is 17.0. The molecule has 35 heavy (non-hydrogen) atoms. The molecule has 6 rings (SSSR count). The van der Waals surface area contributed by atoms with Crippen LogP contribution in [0.3, 0.4) is 0 Å². The molecule has 1 heterocycles. The second kappa shape index (κ2) is 8.43. The minimum atomic E-state index is -3.75. The summed E-state index contributed by atoms with van der Waals surface area (Å²) >= 11 is 0. The van der Waals surface area contributed by atoms with Gasteiger partial charge in [-0.3, -0.25) is 9.10 Å². The molecule has 0 radical (unpaired) electrons. The van der Waals surface area contributed by atoms with E-state index in [-0.39, 0.29) is 18.2 Å². The van der Waals surface area contributed by atoms with Gasteiger partial charge in [0.05, 0.1) is 18.0 Å². The Hall–Kier alpha value is -3.84. The van der Waals surface area contributed by atoms with Crippen LogP contribution in [0.25, 0.3) is 10.8 Å². The quantitative estimate of drug-likeness (QED) is 0.447. The maximum absolute atomic E-state index is 13.4. The van der Waals surface area contributed by atoms with Gasteiger partial charge in [0.15, 0.2) is 6.10 Å². The first-order valence-corrected chi connectivity index (χ1v) is 13.2. The van der Waals surface area contributed by atoms with Crippen molar-refractivity contribution >= 4 is 38.1 Å². The maximum atomic E-state index is 13.4. The number of ether oxygens (including phenoxy) is 1. The molecule has 0 aromatic heterocycles. The van der Waals surface area contributed by atoms with Crippen molar-refractivity contribution in [3.8, 4) is 5.75 Å². The number of carbonyl (C=O) groups is 1. The van der Waals surface area contributed by atoms with Gasteiger partial charge in [-0.15, -0.1) is 0 Å². The predicted octanol–water partition coefficient (Wildman–Crippen LogP) is 4.67. The van der Waals surface area contributed by atoms with Crippen LogP contribution < -0.4 is 14.4 Å². The molecule has 4 aromatic carbocycles. The Balaban J connectivity index is 1.31. The maximum Gasteiger partial charge on any atom is 0.267 e. The van der Waals surface area contributed by atoms with Crippen molar-refractivity contribution in [1.82, 2.24) is 0 Å². The summed E-state index contributed by atoms with van der Waals surface area (Å²) in [7, 11) is -3.75. The Bertz CT molecular complexity index is 1540. The Morgan fingerprint density at radius 2 is 1.63 bits per heavy atom. The number of carbonyl (C=O) groups excluding carboxylic acids is 1. The average molecular weight is 485 g/mol. The summed E-state index contributed by atoms with van der Waals surface area (Å²) in [6.45, 7) is -0.0979. The number of nitrogens with zero attached hydrogens (tertiary/aromatic N) is 1. The van der Waals surface area contributed by atoms with E-state index in [0.29, 0.717) is 22.7 Å². The Morgan fingerprint density at radius 1 is 0.886 bits per heavy atom. The summed E-state index contributed by atoms with van der Waals surface area (Å²) in [5, 5.41) is 5.20. The zero-order valence-electron chi connectivity index (χ0n) is 19.0. The average Bonchev–Trinajstić information content (AvgIpc) is 3.30. The molecule has 1 atom stereocenters. The molecule has 1 amide bonds. The summed E-state index contributed by atoms with van der Waals surface area (Å²) in [5.74, 6) is -0.167. The summed E-state index contributed by atoms with van der Waals surface area (Å²) in [6.07, 6.45) is 1.01. The molecule has 2 aliphatic rings. The molecule has 0 unspecified atom stereocenters. The fraction of sp³-hybridized carbons (Fsp3) is 0.179. The molecule has 4 aromatic rings. The highest BCUT2D eigenvalue weighted by molar-refractivity contribution is 7.92. The number of rotatable bonds is 5. The van der Waals surface area contributed by atoms with Crippen LogP contribution >= 0.6 is 0 Å². The van der Waals surface area contributed by atoms with Crippen LogP contribution in [0, 0.1) is 0 Å². The molecule has 1 aliphatic carbocycles. The van der Waals surface area contributed by atoms with Crippen LogP contribution in [-0.4, -0.2) is 27.0 Å². The molecule has 1 N–H and O–H groups in total. The largest absolute Gasteiger partial charge is 0.476 e. The highest BCUT2D eigenvalue weighted by Gasteiger charge is 2.37. The number of sulfonamides is 1. The van der Waals surface area contributed by atoms with Gasteiger partial charge >= 0.3 is 0 Å². The third-order valence-electron chi connectivity index (χ3n) is 6.69. The first-order valence-electron chi connectivity index (χ1n) is 11.6. The Labute approximate surface area is 204 Å². The smallest absolute Gasteiger partial charge is 0.267 e. The minimum absolute atomic E-state index is 0.0979. The molecule has 0 fully saturated rings. The lowest BCUT2D eigenvalue weighted by molar-refractivity contribution is -0.122. The summed E-state index contributed by atoms with van der Waals surface area (Å²) < 4.78 is 34.2. The van der Waals surface area contributed by atoms with Gasteiger partial charge in [-0.1, -0.05) is 66.7 Å². The number of hydrogen-bond donors (Lipinski definition) is 1. The van der Waals surface area contributed by atoms with Crippen molar-refractivity contribution in [3.63, 3.8) is 0 Å². The summed E-state index contributed by atoms with van der Waals surface area (Å²) in [4.78, 5) is 13.4. The molecule has 176 valence electrons. The lowest BCUT2D eigenvalue weighted by atomic mass is 10.0. The van der Waals surface area contributed by atoms with E-state index in [9.17, 15) is 13.2 Å². The molecule has 1 aliphatic heterocycles. The second-order valence-electron chi connectivity index (χ2n) is 8.95. The SMILES string of the molecule is O=C(Nc1ccc2c3c(cccc13)CC2)[C@H]1CN(S(=O)(=O)Cc2ccccc2)c2ccccc2O1. The van der Waals surface area contributed by atoms with Gasteiger partial charge in [-0.05, 0) is 53.1 Å². The van der Waals surface area contributed by atoms with E-state index >= 15 is 0 Å². The third-order valence-corrected chi connectivity index (χ3v) is 8.41. The second-order valence-corrected chi connectivity index (χ2v) is 10.8. The monoisotopic (exact) mass is 484 g/mol. The van der Waals surface area contributed by atoms with E-state index in [2.05, 4.69) is 17.4 Å². The van der Waals surface area contributed by atoms with Crippen LogP contribution in [0.5, 0.6) is 5.75 Å². The van der Waals surface area contributed by atoms with Crippen LogP contribution in [0.4, 0.5) is 11.4 Å². The zero-order valence-corrected chi connectivity index (χ0v) is 19.8. The van der Waals surface area contributed by atoms with Gasteiger partial charge in [-0.25, -0.2) is 8.42 Å². The highest BCUT2D eigenvalue weighted by atomic mass is 32.2. The van der Waals surface area contributed by atoms with Crippen molar-refractivity contribution < 1.29 is 17.9 Å². The summed E-state index contributed by atoms with van der Waals surface area (Å²) in [5.41, 5.74) is 4.41. The topological polar surface area (TPSA) is 75.7 Å². The standard InChI is InChI=1S/C28H24N2O4S/c31-28(29-23-16-15-21-14-13-20-9-6-10-22(23)27(20)21)26-17-30(24-11-4-5-12-25(24)34-26)35(32,33)18-19-7-2-1-3-8-19/h1-12,15-16,26H,13-14,17-18H2,(H,29,31)/t26-/m1/s1. The van der Waals surface area contributed by atoms with E-state index in [1.807, 2.05) is 36.4 Å². The molecule has 0 saturated carbocycles. The van der Waals surface area contributed by atoms with Gasteiger partial charge < -0.3 is 10.1 Å². The van der Waals surface area contributed by atoms with Crippen LogP contribution in [-0.2, 0) is 33.4 Å². The van der Waals surface area contributed by atoms with Crippen molar-refractivity contribution in [2.75, 3.05) is 16.2 Å². The fourth-order valence-corrected chi connectivity index (χ4v) is 6.62. The Kier molecular flexibility index (Phi) is 5.22. The van der Waals surface area contributed by atoms with E-state index in [1.54, 1.807) is 36.4 Å². The molecular weight excluding hydrogens is 460 g/mol. The molecule has 7 heteroatoms. The molecular formula is C28H24N2O4S. The molecule has 0 bridgehead atoms. The van der Waals surface area contributed by atoms with Crippen molar-refractivity contribution in [2.45, 2.75) is 24.7 Å². The Morgan fingerprint density at radius 3 is 2.46 bits per heavy atom. The normalized spacial score (nSPS) is 16.6. The fourth-order valence-electron chi connectivity index (χ4n) is 5.03. The van der Waals surface area contributed by atoms with Gasteiger partial charge in [0, 0.05) is 11.1 Å². The van der Waals surface area contributed by atoms with Gasteiger partial charge in [0.1, 0.15) is 5.75 Å². The lowest BCUT2D eigenvalue weighted by Crippen LogP contribution is -2.49. The minimum Gasteiger partial charge on any atom is -0.476 e. The van der Waals surface area contributed by atoms with Crippen LogP contribution in [0.15, 0.2) is 84.9 Å². The number of aryl methyl sites for hydroxylation is 2. The number of fused-ring (bicyclic) bond motifs is 1. The van der Waals surface area contributed by atoms with Gasteiger partial charge in [0.2, 0.25) is 10.0 Å². The highest BCUT2D eigenvalue weighted by Crippen LogP contribution is 2.37. The number of hydrogen-bond acceptors (Lipinski definition) is 4. The van der Waals surface area contributed by atoms with Gasteiger partial charge in [0.25, 0.3) is 5.91 Å². The number of benzene rings is 4. The number of anilines is 2. The van der Waals surface area contributed by atoms with E-state index < -0.39 is 16.1 Å².